The van der Waals surface area contributed by atoms with E-state index in [-0.39, 0.29) is 49.9 Å². The number of alkyl halides is 1. The van der Waals surface area contributed by atoms with Gasteiger partial charge in [-0.1, -0.05) is 32.4 Å². The molecule has 0 bridgehead atoms. The van der Waals surface area contributed by atoms with Crippen LogP contribution in [-0.2, 0) is 24.4 Å². The van der Waals surface area contributed by atoms with Gasteiger partial charge in [-0.05, 0) is 73.9 Å². The zero-order chi connectivity index (χ0) is 39.0. The number of ether oxygens (including phenoxy) is 3. The van der Waals surface area contributed by atoms with Crippen molar-refractivity contribution >= 4 is 44.6 Å². The first kappa shape index (κ1) is 39.0. The Hall–Kier alpha value is -4.67. The number of fused-ring (bicyclic) bond motifs is 3. The number of halogens is 1. The molecule has 1 saturated heterocycles. The van der Waals surface area contributed by atoms with Gasteiger partial charge in [0.05, 0.1) is 20.8 Å². The lowest BCUT2D eigenvalue weighted by atomic mass is 9.85. The molecule has 1 aromatic carbocycles. The Morgan fingerprint density at radius 1 is 1.15 bits per heavy atom. The fourth-order valence-corrected chi connectivity index (χ4v) is 9.19. The van der Waals surface area contributed by atoms with E-state index in [1.165, 1.54) is 19.1 Å². The summed E-state index contributed by atoms with van der Waals surface area (Å²) in [5.41, 5.74) is -1.68. The fourth-order valence-electron chi connectivity index (χ4n) is 7.76. The molecule has 294 valence electrons. The minimum atomic E-state index is -4.40. The van der Waals surface area contributed by atoms with E-state index in [0.717, 1.165) is 0 Å². The summed E-state index contributed by atoms with van der Waals surface area (Å²) in [7, 11) is -1.41. The number of nitrogens with one attached hydrogen (secondary N) is 3. The molecular formula is C37H48FN5O10S. The Bertz CT molecular complexity index is 1940. The SMILES string of the molecule is CC[C@@H]1C[C@@H](C)CC/C=C\C2CC2(C(=O)NS(=O)(=O)C2(CF)CC2)NC(=O)[C@@H]2C[C@@H](Oc3nc(OC)cc4cc(OC)ccc34)CN2C(=O)[C@H]1NC(=O)O. The van der Waals surface area contributed by atoms with Gasteiger partial charge < -0.3 is 34.9 Å². The van der Waals surface area contributed by atoms with Crippen LogP contribution in [0.15, 0.2) is 36.4 Å². The summed E-state index contributed by atoms with van der Waals surface area (Å²) in [4.78, 5) is 60.7. The minimum Gasteiger partial charge on any atom is -0.497 e. The molecule has 4 amide bonds. The first-order valence-corrected chi connectivity index (χ1v) is 19.8. The molecule has 6 rings (SSSR count). The molecule has 0 spiro atoms. The highest BCUT2D eigenvalue weighted by molar-refractivity contribution is 7.91. The number of amides is 4. The van der Waals surface area contributed by atoms with Crippen molar-refractivity contribution < 1.29 is 51.3 Å². The van der Waals surface area contributed by atoms with Gasteiger partial charge in [-0.15, -0.1) is 0 Å². The van der Waals surface area contributed by atoms with Crippen LogP contribution < -0.4 is 29.6 Å². The molecule has 2 saturated carbocycles. The number of allylic oxidation sites excluding steroid dienone is 1. The third-order valence-electron chi connectivity index (χ3n) is 11.4. The van der Waals surface area contributed by atoms with Crippen LogP contribution >= 0.6 is 0 Å². The van der Waals surface area contributed by atoms with Crippen molar-refractivity contribution in [2.24, 2.45) is 17.8 Å². The number of carbonyl (C=O) groups is 4. The van der Waals surface area contributed by atoms with Crippen molar-refractivity contribution in [1.29, 1.82) is 0 Å². The molecule has 17 heteroatoms. The van der Waals surface area contributed by atoms with E-state index in [1.807, 2.05) is 19.9 Å². The van der Waals surface area contributed by atoms with Gasteiger partial charge in [-0.2, -0.15) is 4.98 Å². The van der Waals surface area contributed by atoms with Crippen molar-refractivity contribution in [2.75, 3.05) is 27.4 Å². The molecule has 3 fully saturated rings. The maximum absolute atomic E-state index is 14.6. The number of carboxylic acid groups (broad SMARTS) is 1. The predicted molar refractivity (Wildman–Crippen MR) is 194 cm³/mol. The highest BCUT2D eigenvalue weighted by Crippen LogP contribution is 2.48. The molecular weight excluding hydrogens is 725 g/mol. The van der Waals surface area contributed by atoms with Gasteiger partial charge in [-0.25, -0.2) is 17.6 Å². The number of rotatable bonds is 10. The van der Waals surface area contributed by atoms with Gasteiger partial charge in [0.2, 0.25) is 33.6 Å². The number of nitrogens with zero attached hydrogens (tertiary/aromatic N) is 2. The highest BCUT2D eigenvalue weighted by Gasteiger charge is 2.64. The second-order valence-electron chi connectivity index (χ2n) is 15.0. The second-order valence-corrected chi connectivity index (χ2v) is 17.1. The second kappa shape index (κ2) is 15.2. The molecule has 7 atom stereocenters. The molecule has 15 nitrogen and oxygen atoms in total. The third kappa shape index (κ3) is 7.64. The highest BCUT2D eigenvalue weighted by atomic mass is 32.2. The molecule has 0 radical (unpaired) electrons. The van der Waals surface area contributed by atoms with Crippen LogP contribution in [-0.4, -0.2) is 103 Å². The summed E-state index contributed by atoms with van der Waals surface area (Å²) in [6.07, 6.45) is 3.91. The van der Waals surface area contributed by atoms with Crippen LogP contribution in [0.3, 0.4) is 0 Å². The lowest BCUT2D eigenvalue weighted by Crippen LogP contribution is -2.59. The predicted octanol–water partition coefficient (Wildman–Crippen LogP) is 3.46. The zero-order valence-electron chi connectivity index (χ0n) is 30.8. The molecule has 3 heterocycles. The van der Waals surface area contributed by atoms with Crippen LogP contribution in [0.2, 0.25) is 0 Å². The van der Waals surface area contributed by atoms with E-state index in [0.29, 0.717) is 42.2 Å². The smallest absolute Gasteiger partial charge is 0.405 e. The Labute approximate surface area is 313 Å². The Morgan fingerprint density at radius 2 is 1.91 bits per heavy atom. The number of hydrogen-bond acceptors (Lipinski definition) is 10. The normalized spacial score (nSPS) is 30.1. The van der Waals surface area contributed by atoms with Gasteiger partial charge in [0, 0.05) is 23.8 Å². The van der Waals surface area contributed by atoms with E-state index in [4.69, 9.17) is 14.2 Å². The average Bonchev–Trinajstić information content (AvgIpc) is 4.05. The first-order valence-electron chi connectivity index (χ1n) is 18.3. The van der Waals surface area contributed by atoms with Crippen molar-refractivity contribution in [3.63, 3.8) is 0 Å². The summed E-state index contributed by atoms with van der Waals surface area (Å²) in [5, 5.41) is 16.4. The largest absolute Gasteiger partial charge is 0.497 e. The molecule has 2 aliphatic heterocycles. The molecule has 2 unspecified atom stereocenters. The van der Waals surface area contributed by atoms with Gasteiger partial charge in [-0.3, -0.25) is 19.1 Å². The van der Waals surface area contributed by atoms with Crippen LogP contribution in [0.1, 0.15) is 65.2 Å². The Kier molecular flexibility index (Phi) is 11.0. The maximum Gasteiger partial charge on any atom is 0.405 e. The van der Waals surface area contributed by atoms with E-state index >= 15 is 0 Å². The number of aromatic nitrogens is 1. The molecule has 54 heavy (non-hydrogen) atoms. The van der Waals surface area contributed by atoms with Crippen molar-refractivity contribution in [3.8, 4) is 17.5 Å². The molecule has 2 aromatic rings. The number of carbonyl (C=O) groups excluding carboxylic acids is 3. The van der Waals surface area contributed by atoms with Gasteiger partial charge in [0.15, 0.2) is 0 Å². The van der Waals surface area contributed by atoms with Crippen molar-refractivity contribution in [1.82, 2.24) is 25.2 Å². The lowest BCUT2D eigenvalue weighted by molar-refractivity contribution is -0.142. The van der Waals surface area contributed by atoms with Gasteiger partial charge in [0.25, 0.3) is 5.91 Å². The number of hydrogen-bond donors (Lipinski definition) is 4. The molecule has 4 N–H and O–H groups in total. The number of sulfonamides is 1. The number of pyridine rings is 1. The standard InChI is InChI=1S/C37H48FN5O10S/c1-5-22-14-21(2)8-6-7-9-24-18-37(24,34(46)42-54(49,50)36(20-38)12-13-36)41-31(44)28-17-26(19-43(28)33(45)30(22)40-35(47)48)53-32-27-11-10-25(51-3)15-23(27)16-29(39-32)52-4/h7,9-11,15-16,21-22,24,26,28,30,40H,5-6,8,12-14,17-20H2,1-4H3,(H,41,44)(H,42,46)(H,47,48)/b9-7-/t21-,22+,24?,26+,28-,30-,37?/m0/s1. The summed E-state index contributed by atoms with van der Waals surface area (Å²) in [6.45, 7) is 2.62. The summed E-state index contributed by atoms with van der Waals surface area (Å²) in [6, 6.07) is 4.53. The van der Waals surface area contributed by atoms with E-state index in [1.54, 1.807) is 30.3 Å². The average molecular weight is 774 g/mol. The van der Waals surface area contributed by atoms with Crippen LogP contribution in [0.5, 0.6) is 17.5 Å². The minimum absolute atomic E-state index is 0.0669. The summed E-state index contributed by atoms with van der Waals surface area (Å²) >= 11 is 0. The van der Waals surface area contributed by atoms with Crippen LogP contribution in [0.4, 0.5) is 9.18 Å². The lowest BCUT2D eigenvalue weighted by Gasteiger charge is -2.33. The third-order valence-corrected chi connectivity index (χ3v) is 13.5. The van der Waals surface area contributed by atoms with Crippen molar-refractivity contribution in [2.45, 2.75) is 93.7 Å². The number of benzene rings is 1. The zero-order valence-corrected chi connectivity index (χ0v) is 31.6. The maximum atomic E-state index is 14.6. The van der Waals surface area contributed by atoms with Gasteiger partial charge in [0.1, 0.15) is 40.9 Å². The quantitative estimate of drug-likeness (QED) is 0.258. The van der Waals surface area contributed by atoms with E-state index in [9.17, 15) is 37.1 Å². The Balaban J connectivity index is 1.36. The topological polar surface area (TPSA) is 203 Å². The van der Waals surface area contributed by atoms with Crippen molar-refractivity contribution in [3.05, 3.63) is 36.4 Å². The number of methoxy groups -OCH3 is 2. The van der Waals surface area contributed by atoms with Gasteiger partial charge >= 0.3 is 6.09 Å². The Morgan fingerprint density at radius 3 is 2.56 bits per heavy atom. The summed E-state index contributed by atoms with van der Waals surface area (Å²) < 4.78 is 57.6. The fraction of sp³-hybridized carbons (Fsp3) is 0.595. The molecule has 1 aromatic heterocycles. The van der Waals surface area contributed by atoms with Crippen LogP contribution in [0.25, 0.3) is 10.8 Å². The summed E-state index contributed by atoms with van der Waals surface area (Å²) in [5.74, 6) is -2.24. The van der Waals surface area contributed by atoms with E-state index in [2.05, 4.69) is 20.3 Å². The van der Waals surface area contributed by atoms with E-state index < -0.39 is 80.8 Å². The molecule has 2 aliphatic carbocycles. The monoisotopic (exact) mass is 773 g/mol. The molecule has 4 aliphatic rings. The van der Waals surface area contributed by atoms with Crippen LogP contribution in [0, 0.1) is 17.8 Å². The first-order chi connectivity index (χ1) is 25.7.